The lowest BCUT2D eigenvalue weighted by Gasteiger charge is -2.29. The maximum Gasteiger partial charge on any atom is 0.213 e. The summed E-state index contributed by atoms with van der Waals surface area (Å²) in [6, 6.07) is 14.1. The van der Waals surface area contributed by atoms with E-state index in [9.17, 15) is 8.78 Å². The van der Waals surface area contributed by atoms with Crippen LogP contribution in [0.3, 0.4) is 0 Å². The number of hydrogen-bond acceptors (Lipinski definition) is 7. The van der Waals surface area contributed by atoms with Crippen LogP contribution in [0.2, 0.25) is 5.02 Å². The number of benzene rings is 3. The van der Waals surface area contributed by atoms with Crippen molar-refractivity contribution >= 4 is 45.1 Å². The molecule has 0 unspecified atom stereocenters. The number of nitrogens with one attached hydrogen (secondary N) is 2. The first-order valence-electron chi connectivity index (χ1n) is 16.7. The molecule has 0 amide bonds. The summed E-state index contributed by atoms with van der Waals surface area (Å²) in [6.45, 7) is 10.1. The third kappa shape index (κ3) is 7.50. The molecule has 4 heterocycles. The number of fused-ring (bicyclic) bond motifs is 2. The SMILES string of the molecule is C=C/C(=N\C(=C/C)C1=CCN(Cc2nc3ccc(CNc4cc(F)c5[nH]ncc5c4)cc3n2C[C@@H]2CCO2)CC1)OCc1ccc(Cl)cc1F. The molecule has 0 aliphatic carbocycles. The first-order chi connectivity index (χ1) is 24.4. The molecule has 5 aromatic rings. The number of halogens is 3. The normalized spacial score (nSPS) is 17.2. The quantitative estimate of drug-likeness (QED) is 0.101. The van der Waals surface area contributed by atoms with Gasteiger partial charge in [0, 0.05) is 47.9 Å². The molecular weight excluding hydrogens is 660 g/mol. The molecule has 12 heteroatoms. The van der Waals surface area contributed by atoms with Crippen LogP contribution in [0.5, 0.6) is 0 Å². The number of imidazole rings is 1. The summed E-state index contributed by atoms with van der Waals surface area (Å²) >= 11 is 5.88. The molecule has 2 aliphatic rings. The highest BCUT2D eigenvalue weighted by atomic mass is 35.5. The standard InChI is InChI=1S/C38H38ClF2N7O2/c1-3-33(45-37(4-2)50-23-26-6-7-28(39)17-31(26)40)25-9-12-47(13-10-25)22-36-44-34-8-5-24(15-35(34)48(36)21-30-11-14-49-30)19-42-29-16-27-20-43-46-38(27)32(41)18-29/h3-9,15-18,20,30,42H,2,10-14,19,21-23H2,1H3,(H,43,46)/b33-3-,45-37+/t30-/m0/s1. The van der Waals surface area contributed by atoms with Gasteiger partial charge in [0.1, 0.15) is 23.8 Å². The minimum absolute atomic E-state index is 0.0187. The predicted molar refractivity (Wildman–Crippen MR) is 193 cm³/mol. The fraction of sp³-hybridized carbons (Fsp3) is 0.289. The number of anilines is 1. The van der Waals surface area contributed by atoms with Crippen molar-refractivity contribution in [2.24, 2.45) is 4.99 Å². The minimum Gasteiger partial charge on any atom is -0.473 e. The van der Waals surface area contributed by atoms with Crippen LogP contribution in [0.15, 0.2) is 95.8 Å². The monoisotopic (exact) mass is 697 g/mol. The Balaban J connectivity index is 1.04. The van der Waals surface area contributed by atoms with Crippen LogP contribution >= 0.6 is 11.6 Å². The number of rotatable bonds is 12. The first kappa shape index (κ1) is 33.6. The van der Waals surface area contributed by atoms with E-state index in [1.54, 1.807) is 18.3 Å². The number of allylic oxidation sites excluding steroid dienone is 2. The van der Waals surface area contributed by atoms with E-state index >= 15 is 0 Å². The number of nitrogens with zero attached hydrogens (tertiary/aromatic N) is 5. The molecule has 1 atom stereocenters. The van der Waals surface area contributed by atoms with Gasteiger partial charge in [0.05, 0.1) is 42.1 Å². The van der Waals surface area contributed by atoms with E-state index in [0.717, 1.165) is 78.2 Å². The van der Waals surface area contributed by atoms with Crippen LogP contribution in [0.25, 0.3) is 21.9 Å². The maximum absolute atomic E-state index is 14.5. The molecule has 0 saturated carbocycles. The molecule has 9 nitrogen and oxygen atoms in total. The molecule has 2 N–H and O–H groups in total. The Morgan fingerprint density at radius 1 is 1.20 bits per heavy atom. The van der Waals surface area contributed by atoms with E-state index in [1.807, 2.05) is 19.1 Å². The van der Waals surface area contributed by atoms with Crippen molar-refractivity contribution in [3.63, 3.8) is 0 Å². The number of aromatic amines is 1. The first-order valence-corrected chi connectivity index (χ1v) is 17.1. The zero-order chi connectivity index (χ0) is 34.6. The van der Waals surface area contributed by atoms with Gasteiger partial charge in [-0.25, -0.2) is 18.8 Å². The lowest BCUT2D eigenvalue weighted by molar-refractivity contribution is -0.0591. The van der Waals surface area contributed by atoms with Gasteiger partial charge in [0.2, 0.25) is 5.90 Å². The molecule has 1 fully saturated rings. The van der Waals surface area contributed by atoms with Gasteiger partial charge in [-0.15, -0.1) is 0 Å². The molecule has 258 valence electrons. The van der Waals surface area contributed by atoms with E-state index in [1.165, 1.54) is 18.2 Å². The summed E-state index contributed by atoms with van der Waals surface area (Å²) in [4.78, 5) is 12.1. The summed E-state index contributed by atoms with van der Waals surface area (Å²) in [5.74, 6) is 0.551. The molecule has 7 rings (SSSR count). The number of aromatic nitrogens is 4. The smallest absolute Gasteiger partial charge is 0.213 e. The Kier molecular flexibility index (Phi) is 10.1. The van der Waals surface area contributed by atoms with Crippen LogP contribution in [0.4, 0.5) is 14.5 Å². The Bertz CT molecular complexity index is 2130. The maximum atomic E-state index is 14.5. The summed E-state index contributed by atoms with van der Waals surface area (Å²) in [6.07, 6.45) is 9.28. The fourth-order valence-electron chi connectivity index (χ4n) is 6.26. The Morgan fingerprint density at radius 2 is 2.08 bits per heavy atom. The molecular formula is C38H38ClF2N7O2. The van der Waals surface area contributed by atoms with Gasteiger partial charge in [-0.2, -0.15) is 5.10 Å². The van der Waals surface area contributed by atoms with Crippen molar-refractivity contribution in [1.29, 1.82) is 0 Å². The molecule has 2 aromatic heterocycles. The van der Waals surface area contributed by atoms with Gasteiger partial charge in [-0.05, 0) is 73.4 Å². The highest BCUT2D eigenvalue weighted by Crippen LogP contribution is 2.27. The average molecular weight is 698 g/mol. The Morgan fingerprint density at radius 3 is 2.82 bits per heavy atom. The number of aliphatic imine (C=N–C) groups is 1. The highest BCUT2D eigenvalue weighted by molar-refractivity contribution is 6.30. The molecule has 1 saturated heterocycles. The van der Waals surface area contributed by atoms with Crippen molar-refractivity contribution in [3.8, 4) is 0 Å². The van der Waals surface area contributed by atoms with Crippen LogP contribution in [-0.2, 0) is 35.7 Å². The number of ether oxygens (including phenoxy) is 2. The van der Waals surface area contributed by atoms with Gasteiger partial charge in [-0.3, -0.25) is 10.00 Å². The molecule has 50 heavy (non-hydrogen) atoms. The predicted octanol–water partition coefficient (Wildman–Crippen LogP) is 8.08. The van der Waals surface area contributed by atoms with Gasteiger partial charge < -0.3 is 19.4 Å². The molecule has 0 bridgehead atoms. The van der Waals surface area contributed by atoms with Crippen molar-refractivity contribution < 1.29 is 18.3 Å². The van der Waals surface area contributed by atoms with Crippen LogP contribution < -0.4 is 5.32 Å². The molecule has 0 radical (unpaired) electrons. The largest absolute Gasteiger partial charge is 0.473 e. The van der Waals surface area contributed by atoms with Crippen LogP contribution in [0, 0.1) is 11.6 Å². The topological polar surface area (TPSA) is 92.6 Å². The van der Waals surface area contributed by atoms with Gasteiger partial charge in [-0.1, -0.05) is 42.5 Å². The van der Waals surface area contributed by atoms with E-state index in [2.05, 4.69) is 55.8 Å². The number of H-pyrrole nitrogens is 1. The molecule has 2 aliphatic heterocycles. The van der Waals surface area contributed by atoms with E-state index in [0.29, 0.717) is 40.8 Å². The zero-order valence-electron chi connectivity index (χ0n) is 27.8. The van der Waals surface area contributed by atoms with Crippen LogP contribution in [-0.4, -0.2) is 56.3 Å². The summed E-state index contributed by atoms with van der Waals surface area (Å²) in [5, 5.41) is 11.1. The average Bonchev–Trinajstić information content (AvgIpc) is 3.71. The van der Waals surface area contributed by atoms with Crippen molar-refractivity contribution in [2.45, 2.75) is 52.1 Å². The third-order valence-electron chi connectivity index (χ3n) is 9.13. The second-order valence-corrected chi connectivity index (χ2v) is 12.9. The Hall–Kier alpha value is -4.84. The van der Waals surface area contributed by atoms with E-state index < -0.39 is 5.82 Å². The summed E-state index contributed by atoms with van der Waals surface area (Å²) < 4.78 is 42.7. The highest BCUT2D eigenvalue weighted by Gasteiger charge is 2.24. The van der Waals surface area contributed by atoms with E-state index in [4.69, 9.17) is 31.1 Å². The summed E-state index contributed by atoms with van der Waals surface area (Å²) in [5.41, 5.74) is 6.46. The van der Waals surface area contributed by atoms with Gasteiger partial charge in [0.25, 0.3) is 0 Å². The zero-order valence-corrected chi connectivity index (χ0v) is 28.5. The van der Waals surface area contributed by atoms with Gasteiger partial charge >= 0.3 is 0 Å². The van der Waals surface area contributed by atoms with Crippen molar-refractivity contribution in [3.05, 3.63) is 124 Å². The van der Waals surface area contributed by atoms with Crippen molar-refractivity contribution in [1.82, 2.24) is 24.6 Å². The second-order valence-electron chi connectivity index (χ2n) is 12.5. The second kappa shape index (κ2) is 15.0. The Labute approximate surface area is 293 Å². The van der Waals surface area contributed by atoms with Crippen molar-refractivity contribution in [2.75, 3.05) is 25.0 Å². The molecule has 0 spiro atoms. The lowest BCUT2D eigenvalue weighted by Crippen LogP contribution is -2.34. The van der Waals surface area contributed by atoms with Gasteiger partial charge in [0.15, 0.2) is 5.82 Å². The third-order valence-corrected chi connectivity index (χ3v) is 9.36. The minimum atomic E-state index is -0.425. The molecule has 3 aromatic carbocycles. The fourth-order valence-corrected chi connectivity index (χ4v) is 6.42. The van der Waals surface area contributed by atoms with E-state index in [-0.39, 0.29) is 18.5 Å². The summed E-state index contributed by atoms with van der Waals surface area (Å²) in [7, 11) is 0. The number of hydrogen-bond donors (Lipinski definition) is 2. The lowest BCUT2D eigenvalue weighted by atomic mass is 10.0. The van der Waals surface area contributed by atoms with Crippen LogP contribution in [0.1, 0.15) is 36.7 Å².